The van der Waals surface area contributed by atoms with Crippen LogP contribution < -0.4 is 29.6 Å². The molecular weight excluding hydrogens is 339 g/mol. The molecule has 0 rings (SSSR count). The van der Waals surface area contributed by atoms with E-state index in [1.54, 1.807) is 0 Å². The number of esters is 1. The average molecular weight is 360 g/mol. The number of rotatable bonds is 12. The van der Waals surface area contributed by atoms with Crippen molar-refractivity contribution in [1.82, 2.24) is 9.80 Å². The first kappa shape index (κ1) is 25.0. The topological polar surface area (TPSA) is 165 Å². The van der Waals surface area contributed by atoms with Gasteiger partial charge in [0, 0.05) is 13.1 Å². The zero-order valence-corrected chi connectivity index (χ0v) is 15.5. The molecule has 134 valence electrons. The molecular formula is C12H21N2NaO9. The standard InChI is InChI=1S/C12H20N2O9.Na.H/c1-8(15)23-12(22)7-14(6-11(20)21)3-2-13(4-9(16)17)5-10(18)19;;/h8,15H,2-7H2,1H3,(H,16,17)(H,18,19)(H,20,21);;/q;+1;-1. The number of carbonyl (C=O) groups is 4. The fourth-order valence-corrected chi connectivity index (χ4v) is 1.69. The molecule has 1 atom stereocenters. The van der Waals surface area contributed by atoms with Gasteiger partial charge in [-0.3, -0.25) is 29.0 Å². The number of aliphatic carboxylic acids is 3. The number of aliphatic hydroxyl groups excluding tert-OH is 1. The summed E-state index contributed by atoms with van der Waals surface area (Å²) in [5, 5.41) is 35.1. The molecule has 0 spiro atoms. The molecule has 24 heavy (non-hydrogen) atoms. The largest absolute Gasteiger partial charge is 1.00 e. The number of ether oxygens (including phenoxy) is 1. The second kappa shape index (κ2) is 13.1. The zero-order valence-electron chi connectivity index (χ0n) is 14.5. The van der Waals surface area contributed by atoms with Crippen LogP contribution in [0.25, 0.3) is 0 Å². The van der Waals surface area contributed by atoms with Crippen LogP contribution in [0.2, 0.25) is 0 Å². The van der Waals surface area contributed by atoms with Gasteiger partial charge in [-0.05, 0) is 6.92 Å². The van der Waals surface area contributed by atoms with Gasteiger partial charge in [-0.1, -0.05) is 0 Å². The van der Waals surface area contributed by atoms with E-state index < -0.39 is 56.3 Å². The van der Waals surface area contributed by atoms with Crippen LogP contribution in [0.1, 0.15) is 8.35 Å². The molecule has 11 nitrogen and oxygen atoms in total. The number of carboxylic acid groups (broad SMARTS) is 3. The van der Waals surface area contributed by atoms with E-state index in [9.17, 15) is 19.2 Å². The monoisotopic (exact) mass is 360 g/mol. The molecule has 0 fully saturated rings. The van der Waals surface area contributed by atoms with Crippen LogP contribution in [-0.4, -0.2) is 99.7 Å². The molecule has 0 radical (unpaired) electrons. The summed E-state index contributed by atoms with van der Waals surface area (Å²) in [7, 11) is 0. The zero-order chi connectivity index (χ0) is 18.0. The first-order valence-electron chi connectivity index (χ1n) is 6.57. The average Bonchev–Trinajstić information content (AvgIpc) is 2.32. The SMILES string of the molecule is CC(O)OC(=O)CN(CCN(CC(=O)O)CC(=O)O)CC(=O)O.[H-].[Na+]. The summed E-state index contributed by atoms with van der Waals surface area (Å²) in [6, 6.07) is 0. The third kappa shape index (κ3) is 14.4. The number of carboxylic acids is 3. The van der Waals surface area contributed by atoms with Crippen LogP contribution in [0.5, 0.6) is 0 Å². The molecule has 0 heterocycles. The van der Waals surface area contributed by atoms with E-state index in [1.807, 2.05) is 0 Å². The number of aliphatic hydroxyl groups is 1. The van der Waals surface area contributed by atoms with Gasteiger partial charge in [0.25, 0.3) is 0 Å². The van der Waals surface area contributed by atoms with Crippen molar-refractivity contribution in [3.05, 3.63) is 0 Å². The fraction of sp³-hybridized carbons (Fsp3) is 0.667. The van der Waals surface area contributed by atoms with E-state index in [4.69, 9.17) is 20.4 Å². The van der Waals surface area contributed by atoms with E-state index in [1.165, 1.54) is 6.92 Å². The molecule has 0 amide bonds. The predicted octanol–water partition coefficient (Wildman–Crippen LogP) is -5.16. The van der Waals surface area contributed by atoms with Gasteiger partial charge >= 0.3 is 53.4 Å². The van der Waals surface area contributed by atoms with Gasteiger partial charge in [-0.25, -0.2) is 0 Å². The Kier molecular flexibility index (Phi) is 13.6. The van der Waals surface area contributed by atoms with Crippen LogP contribution in [0.3, 0.4) is 0 Å². The van der Waals surface area contributed by atoms with E-state index in [-0.39, 0.29) is 44.1 Å². The van der Waals surface area contributed by atoms with Gasteiger partial charge in [0.15, 0.2) is 6.29 Å². The number of carbonyl (C=O) groups excluding carboxylic acids is 1. The summed E-state index contributed by atoms with van der Waals surface area (Å²) in [5.41, 5.74) is 0. The van der Waals surface area contributed by atoms with E-state index in [2.05, 4.69) is 4.74 Å². The Morgan fingerprint density at radius 3 is 1.50 bits per heavy atom. The maximum absolute atomic E-state index is 11.4. The van der Waals surface area contributed by atoms with Gasteiger partial charge < -0.3 is 26.6 Å². The van der Waals surface area contributed by atoms with Crippen molar-refractivity contribution in [2.45, 2.75) is 13.2 Å². The van der Waals surface area contributed by atoms with Crippen molar-refractivity contribution >= 4 is 23.9 Å². The third-order valence-electron chi connectivity index (χ3n) is 2.46. The van der Waals surface area contributed by atoms with Crippen molar-refractivity contribution in [2.75, 3.05) is 39.3 Å². The molecule has 0 aromatic carbocycles. The first-order chi connectivity index (χ1) is 10.6. The van der Waals surface area contributed by atoms with Gasteiger partial charge in [0.2, 0.25) is 0 Å². The van der Waals surface area contributed by atoms with Crippen molar-refractivity contribution in [1.29, 1.82) is 0 Å². The van der Waals surface area contributed by atoms with E-state index in [0.717, 1.165) is 9.80 Å². The molecule has 0 bridgehead atoms. The van der Waals surface area contributed by atoms with Crippen molar-refractivity contribution in [2.24, 2.45) is 0 Å². The Hall–Kier alpha value is -1.24. The molecule has 0 aliphatic carbocycles. The van der Waals surface area contributed by atoms with E-state index in [0.29, 0.717) is 0 Å². The fourth-order valence-electron chi connectivity index (χ4n) is 1.69. The van der Waals surface area contributed by atoms with Crippen LogP contribution in [0.4, 0.5) is 0 Å². The summed E-state index contributed by atoms with van der Waals surface area (Å²) in [6.07, 6.45) is -1.34. The molecule has 0 aliphatic rings. The third-order valence-corrected chi connectivity index (χ3v) is 2.46. The molecule has 0 aromatic heterocycles. The van der Waals surface area contributed by atoms with Crippen molar-refractivity contribution < 1.29 is 75.3 Å². The minimum Gasteiger partial charge on any atom is -1.00 e. The van der Waals surface area contributed by atoms with Crippen LogP contribution >= 0.6 is 0 Å². The predicted molar refractivity (Wildman–Crippen MR) is 74.7 cm³/mol. The Balaban J connectivity index is -0.00000242. The van der Waals surface area contributed by atoms with Gasteiger partial charge in [-0.15, -0.1) is 0 Å². The van der Waals surface area contributed by atoms with Gasteiger partial charge in [0.1, 0.15) is 0 Å². The van der Waals surface area contributed by atoms with Gasteiger partial charge in [0.05, 0.1) is 26.2 Å². The Morgan fingerprint density at radius 2 is 1.21 bits per heavy atom. The molecule has 4 N–H and O–H groups in total. The maximum Gasteiger partial charge on any atom is 1.00 e. The van der Waals surface area contributed by atoms with Crippen molar-refractivity contribution in [3.8, 4) is 0 Å². The Labute approximate surface area is 161 Å². The quantitative estimate of drug-likeness (QED) is 0.149. The maximum atomic E-state index is 11.4. The van der Waals surface area contributed by atoms with Gasteiger partial charge in [-0.2, -0.15) is 0 Å². The molecule has 1 unspecified atom stereocenters. The minimum atomic E-state index is -1.34. The number of hydrogen-bond acceptors (Lipinski definition) is 8. The molecule has 0 aromatic rings. The van der Waals surface area contributed by atoms with Crippen LogP contribution in [0, 0.1) is 0 Å². The van der Waals surface area contributed by atoms with E-state index >= 15 is 0 Å². The number of hydrogen-bond donors (Lipinski definition) is 4. The first-order valence-corrected chi connectivity index (χ1v) is 6.57. The second-order valence-corrected chi connectivity index (χ2v) is 4.69. The van der Waals surface area contributed by atoms with Crippen LogP contribution in [-0.2, 0) is 23.9 Å². The Morgan fingerprint density at radius 1 is 0.875 bits per heavy atom. The summed E-state index contributed by atoms with van der Waals surface area (Å²) < 4.78 is 4.48. The summed E-state index contributed by atoms with van der Waals surface area (Å²) in [4.78, 5) is 45.8. The normalized spacial score (nSPS) is 11.7. The van der Waals surface area contributed by atoms with Crippen molar-refractivity contribution in [3.63, 3.8) is 0 Å². The molecule has 0 saturated carbocycles. The molecule has 0 aliphatic heterocycles. The minimum absolute atomic E-state index is 0. The number of nitrogens with zero attached hydrogens (tertiary/aromatic N) is 2. The summed E-state index contributed by atoms with van der Waals surface area (Å²) >= 11 is 0. The smallest absolute Gasteiger partial charge is 1.00 e. The molecule has 0 saturated heterocycles. The summed E-state index contributed by atoms with van der Waals surface area (Å²) in [5.74, 6) is -4.55. The Bertz CT molecular complexity index is 434. The second-order valence-electron chi connectivity index (χ2n) is 4.69. The molecule has 12 heteroatoms. The van der Waals surface area contributed by atoms with Crippen LogP contribution in [0.15, 0.2) is 0 Å². The summed E-state index contributed by atoms with van der Waals surface area (Å²) in [6.45, 7) is -0.971.